The molecule has 1 unspecified atom stereocenters. The molecule has 0 radical (unpaired) electrons. The highest BCUT2D eigenvalue weighted by molar-refractivity contribution is 6.39. The second-order valence-corrected chi connectivity index (χ2v) is 5.27. The van der Waals surface area contributed by atoms with E-state index >= 15 is 0 Å². The van der Waals surface area contributed by atoms with Crippen molar-refractivity contribution in [2.24, 2.45) is 0 Å². The van der Waals surface area contributed by atoms with Crippen LogP contribution in [0.4, 0.5) is 5.69 Å². The van der Waals surface area contributed by atoms with Crippen LogP contribution in [0, 0.1) is 11.3 Å². The predicted molar refractivity (Wildman–Crippen MR) is 91.0 cm³/mol. The maximum absolute atomic E-state index is 12.1. The summed E-state index contributed by atoms with van der Waals surface area (Å²) in [5.74, 6) is -1.23. The van der Waals surface area contributed by atoms with Gasteiger partial charge in [0.1, 0.15) is 11.5 Å². The average molecular weight is 339 g/mol. The summed E-state index contributed by atoms with van der Waals surface area (Å²) in [6.45, 7) is 1.63. The van der Waals surface area contributed by atoms with E-state index in [1.807, 2.05) is 6.07 Å². The standard InChI is InChI=1S/C18H17N3O4/c1-11(15-9-14(25-2)6-7-16(15)22)20-17(23)18(24)21-13-5-3-4-12(8-13)10-19/h3-9,11,22H,1-2H3,(H,20,23)(H,21,24). The van der Waals surface area contributed by atoms with E-state index in [1.165, 1.54) is 19.2 Å². The molecule has 0 aromatic heterocycles. The normalized spacial score (nSPS) is 11.1. The number of nitriles is 1. The van der Waals surface area contributed by atoms with Gasteiger partial charge in [0.05, 0.1) is 24.8 Å². The topological polar surface area (TPSA) is 111 Å². The van der Waals surface area contributed by atoms with Crippen LogP contribution in [0.1, 0.15) is 24.1 Å². The third kappa shape index (κ3) is 4.48. The number of anilines is 1. The summed E-state index contributed by atoms with van der Waals surface area (Å²) < 4.78 is 5.08. The van der Waals surface area contributed by atoms with Crippen molar-refractivity contribution < 1.29 is 19.4 Å². The summed E-state index contributed by atoms with van der Waals surface area (Å²) >= 11 is 0. The fourth-order valence-corrected chi connectivity index (χ4v) is 2.20. The molecule has 0 fully saturated rings. The van der Waals surface area contributed by atoms with Gasteiger partial charge in [-0.15, -0.1) is 0 Å². The molecule has 2 amide bonds. The SMILES string of the molecule is COc1ccc(O)c(C(C)NC(=O)C(=O)Nc2cccc(C#N)c2)c1. The molecule has 2 aromatic rings. The minimum Gasteiger partial charge on any atom is -0.508 e. The van der Waals surface area contributed by atoms with E-state index in [-0.39, 0.29) is 5.75 Å². The highest BCUT2D eigenvalue weighted by atomic mass is 16.5. The highest BCUT2D eigenvalue weighted by Crippen LogP contribution is 2.28. The van der Waals surface area contributed by atoms with Crippen molar-refractivity contribution >= 4 is 17.5 Å². The molecule has 7 heteroatoms. The number of ether oxygens (including phenoxy) is 1. The Balaban J connectivity index is 2.05. The van der Waals surface area contributed by atoms with Gasteiger partial charge in [0.15, 0.2) is 0 Å². The van der Waals surface area contributed by atoms with E-state index in [1.54, 1.807) is 37.3 Å². The Kier molecular flexibility index (Phi) is 5.58. The molecular weight excluding hydrogens is 322 g/mol. The number of carbonyl (C=O) groups is 2. The Morgan fingerprint density at radius 2 is 1.96 bits per heavy atom. The van der Waals surface area contributed by atoms with Crippen LogP contribution in [0.25, 0.3) is 0 Å². The fourth-order valence-electron chi connectivity index (χ4n) is 2.20. The van der Waals surface area contributed by atoms with Gasteiger partial charge >= 0.3 is 11.8 Å². The van der Waals surface area contributed by atoms with Gasteiger partial charge in [-0.1, -0.05) is 6.07 Å². The first kappa shape index (κ1) is 17.8. The molecular formula is C18H17N3O4. The van der Waals surface area contributed by atoms with Gasteiger partial charge in [0.25, 0.3) is 0 Å². The van der Waals surface area contributed by atoms with Gasteiger partial charge < -0.3 is 20.5 Å². The molecule has 0 saturated carbocycles. The molecule has 25 heavy (non-hydrogen) atoms. The quantitative estimate of drug-likeness (QED) is 0.739. The molecule has 0 saturated heterocycles. The van der Waals surface area contributed by atoms with Gasteiger partial charge in [-0.3, -0.25) is 9.59 Å². The lowest BCUT2D eigenvalue weighted by Crippen LogP contribution is -2.36. The molecule has 2 aromatic carbocycles. The number of phenolic OH excluding ortho intramolecular Hbond substituents is 1. The number of nitrogens with one attached hydrogen (secondary N) is 2. The second kappa shape index (κ2) is 7.84. The van der Waals surface area contributed by atoms with Crippen LogP contribution in [-0.4, -0.2) is 24.0 Å². The van der Waals surface area contributed by atoms with Gasteiger partial charge in [-0.25, -0.2) is 0 Å². The van der Waals surface area contributed by atoms with Crippen LogP contribution in [0.5, 0.6) is 11.5 Å². The second-order valence-electron chi connectivity index (χ2n) is 5.27. The number of carbonyl (C=O) groups excluding carboxylic acids is 2. The van der Waals surface area contributed by atoms with Crippen molar-refractivity contribution in [3.05, 3.63) is 53.6 Å². The number of nitrogens with zero attached hydrogens (tertiary/aromatic N) is 1. The van der Waals surface area contributed by atoms with Crippen molar-refractivity contribution in [2.45, 2.75) is 13.0 Å². The maximum atomic E-state index is 12.1. The first-order valence-corrected chi connectivity index (χ1v) is 7.43. The Labute approximate surface area is 144 Å². The number of amides is 2. The van der Waals surface area contributed by atoms with Crippen LogP contribution >= 0.6 is 0 Å². The Morgan fingerprint density at radius 1 is 1.20 bits per heavy atom. The van der Waals surface area contributed by atoms with E-state index < -0.39 is 17.9 Å². The molecule has 0 heterocycles. The van der Waals surface area contributed by atoms with E-state index in [2.05, 4.69) is 10.6 Å². The molecule has 2 rings (SSSR count). The zero-order valence-electron chi connectivity index (χ0n) is 13.7. The molecule has 0 aliphatic rings. The monoisotopic (exact) mass is 339 g/mol. The minimum absolute atomic E-state index is 0.0178. The van der Waals surface area contributed by atoms with Gasteiger partial charge in [-0.2, -0.15) is 5.26 Å². The van der Waals surface area contributed by atoms with Crippen molar-refractivity contribution in [1.82, 2.24) is 5.32 Å². The zero-order valence-corrected chi connectivity index (χ0v) is 13.7. The van der Waals surface area contributed by atoms with E-state index in [0.717, 1.165) is 0 Å². The summed E-state index contributed by atoms with van der Waals surface area (Å²) in [6, 6.07) is 12.2. The molecule has 3 N–H and O–H groups in total. The molecule has 0 aliphatic carbocycles. The number of aromatic hydroxyl groups is 1. The van der Waals surface area contributed by atoms with Crippen molar-refractivity contribution in [3.63, 3.8) is 0 Å². The van der Waals surface area contributed by atoms with E-state index in [9.17, 15) is 14.7 Å². The van der Waals surface area contributed by atoms with Crippen LogP contribution in [0.15, 0.2) is 42.5 Å². The number of benzene rings is 2. The van der Waals surface area contributed by atoms with Crippen LogP contribution in [0.2, 0.25) is 0 Å². The number of hydrogen-bond acceptors (Lipinski definition) is 5. The third-order valence-corrected chi connectivity index (χ3v) is 3.50. The smallest absolute Gasteiger partial charge is 0.313 e. The summed E-state index contributed by atoms with van der Waals surface area (Å²) in [6.07, 6.45) is 0. The first-order chi connectivity index (χ1) is 11.9. The van der Waals surface area contributed by atoms with E-state index in [4.69, 9.17) is 10.00 Å². The lowest BCUT2D eigenvalue weighted by molar-refractivity contribution is -0.136. The summed E-state index contributed by atoms with van der Waals surface area (Å²) in [5.41, 5.74) is 1.14. The lowest BCUT2D eigenvalue weighted by Gasteiger charge is -2.16. The summed E-state index contributed by atoms with van der Waals surface area (Å²) in [4.78, 5) is 24.0. The average Bonchev–Trinajstić information content (AvgIpc) is 2.62. The molecule has 1 atom stereocenters. The van der Waals surface area contributed by atoms with Gasteiger partial charge in [0.2, 0.25) is 0 Å². The Morgan fingerprint density at radius 3 is 2.64 bits per heavy atom. The first-order valence-electron chi connectivity index (χ1n) is 7.43. The van der Waals surface area contributed by atoms with Crippen molar-refractivity contribution in [3.8, 4) is 17.6 Å². The minimum atomic E-state index is -0.871. The number of hydrogen-bond donors (Lipinski definition) is 3. The van der Waals surface area contributed by atoms with Gasteiger partial charge in [-0.05, 0) is 43.3 Å². The Bertz CT molecular complexity index is 842. The van der Waals surface area contributed by atoms with Crippen LogP contribution < -0.4 is 15.4 Å². The van der Waals surface area contributed by atoms with Crippen LogP contribution in [-0.2, 0) is 9.59 Å². The largest absolute Gasteiger partial charge is 0.508 e. The number of phenols is 1. The highest BCUT2D eigenvalue weighted by Gasteiger charge is 2.19. The zero-order chi connectivity index (χ0) is 18.4. The van der Waals surface area contributed by atoms with Gasteiger partial charge in [0, 0.05) is 11.3 Å². The number of methoxy groups -OCH3 is 1. The Hall–Kier alpha value is -3.53. The van der Waals surface area contributed by atoms with Crippen molar-refractivity contribution in [2.75, 3.05) is 12.4 Å². The fraction of sp³-hybridized carbons (Fsp3) is 0.167. The molecule has 7 nitrogen and oxygen atoms in total. The summed E-state index contributed by atoms with van der Waals surface area (Å²) in [7, 11) is 1.49. The van der Waals surface area contributed by atoms with E-state index in [0.29, 0.717) is 22.6 Å². The molecule has 0 spiro atoms. The summed E-state index contributed by atoms with van der Waals surface area (Å²) in [5, 5.41) is 23.7. The van der Waals surface area contributed by atoms with Crippen LogP contribution in [0.3, 0.4) is 0 Å². The molecule has 0 aliphatic heterocycles. The maximum Gasteiger partial charge on any atom is 0.313 e. The molecule has 0 bridgehead atoms. The lowest BCUT2D eigenvalue weighted by atomic mass is 10.1. The van der Waals surface area contributed by atoms with Crippen molar-refractivity contribution in [1.29, 1.82) is 5.26 Å². The predicted octanol–water partition coefficient (Wildman–Crippen LogP) is 2.09. The molecule has 128 valence electrons. The number of rotatable bonds is 4. The third-order valence-electron chi connectivity index (χ3n) is 3.50.